The van der Waals surface area contributed by atoms with E-state index >= 15 is 0 Å². The lowest BCUT2D eigenvalue weighted by molar-refractivity contribution is -0.128. The Morgan fingerprint density at radius 1 is 1.41 bits per heavy atom. The third-order valence-corrected chi connectivity index (χ3v) is 3.88. The Hall–Kier alpha value is -2.41. The SMILES string of the molecule is CN1CCC(NC(=O)c2cn(-c3ccccc3Cl)nn2)C1=O. The lowest BCUT2D eigenvalue weighted by Gasteiger charge is -2.10. The quantitative estimate of drug-likeness (QED) is 0.910. The van der Waals surface area contributed by atoms with Crippen LogP contribution in [0, 0.1) is 0 Å². The highest BCUT2D eigenvalue weighted by Gasteiger charge is 2.31. The van der Waals surface area contributed by atoms with E-state index in [1.165, 1.54) is 10.9 Å². The van der Waals surface area contributed by atoms with E-state index in [0.717, 1.165) is 0 Å². The van der Waals surface area contributed by atoms with Gasteiger partial charge in [0.1, 0.15) is 6.04 Å². The molecule has 1 N–H and O–H groups in total. The number of hydrogen-bond donors (Lipinski definition) is 1. The van der Waals surface area contributed by atoms with Crippen molar-refractivity contribution in [1.82, 2.24) is 25.2 Å². The molecule has 1 aliphatic heterocycles. The molecule has 1 fully saturated rings. The summed E-state index contributed by atoms with van der Waals surface area (Å²) in [6, 6.07) is 6.62. The van der Waals surface area contributed by atoms with Gasteiger partial charge in [-0.05, 0) is 18.6 Å². The first-order valence-corrected chi connectivity index (χ1v) is 7.17. The summed E-state index contributed by atoms with van der Waals surface area (Å²) < 4.78 is 1.43. The van der Waals surface area contributed by atoms with Crippen LogP contribution in [0.5, 0.6) is 0 Å². The summed E-state index contributed by atoms with van der Waals surface area (Å²) in [6.45, 7) is 0.635. The van der Waals surface area contributed by atoms with Gasteiger partial charge in [0.05, 0.1) is 16.9 Å². The molecule has 0 aliphatic carbocycles. The topological polar surface area (TPSA) is 80.1 Å². The highest BCUT2D eigenvalue weighted by atomic mass is 35.5. The summed E-state index contributed by atoms with van der Waals surface area (Å²) >= 11 is 6.08. The molecule has 1 aliphatic rings. The number of amides is 2. The Morgan fingerprint density at radius 3 is 2.86 bits per heavy atom. The monoisotopic (exact) mass is 319 g/mol. The Morgan fingerprint density at radius 2 is 2.18 bits per heavy atom. The number of likely N-dealkylation sites (N-methyl/N-ethyl adjacent to an activating group) is 1. The van der Waals surface area contributed by atoms with E-state index in [-0.39, 0.29) is 11.6 Å². The zero-order valence-electron chi connectivity index (χ0n) is 11.9. The van der Waals surface area contributed by atoms with Crippen LogP contribution in [0.3, 0.4) is 0 Å². The van der Waals surface area contributed by atoms with E-state index in [1.54, 1.807) is 30.1 Å². The van der Waals surface area contributed by atoms with Gasteiger partial charge in [0.2, 0.25) is 5.91 Å². The zero-order valence-corrected chi connectivity index (χ0v) is 12.6. The first kappa shape index (κ1) is 14.5. The minimum absolute atomic E-state index is 0.0909. The average Bonchev–Trinajstić information content (AvgIpc) is 3.10. The first-order valence-electron chi connectivity index (χ1n) is 6.79. The van der Waals surface area contributed by atoms with Gasteiger partial charge in [-0.2, -0.15) is 0 Å². The fraction of sp³-hybridized carbons (Fsp3) is 0.286. The molecule has 114 valence electrons. The van der Waals surface area contributed by atoms with Gasteiger partial charge in [-0.1, -0.05) is 28.9 Å². The minimum atomic E-state index is -0.497. The maximum Gasteiger partial charge on any atom is 0.274 e. The van der Waals surface area contributed by atoms with Crippen molar-refractivity contribution in [3.8, 4) is 5.69 Å². The Balaban J connectivity index is 1.75. The van der Waals surface area contributed by atoms with Crippen molar-refractivity contribution in [3.63, 3.8) is 0 Å². The van der Waals surface area contributed by atoms with Crippen LogP contribution in [-0.4, -0.2) is 51.3 Å². The molecule has 1 saturated heterocycles. The van der Waals surface area contributed by atoms with Gasteiger partial charge in [0.15, 0.2) is 5.69 Å². The van der Waals surface area contributed by atoms with Gasteiger partial charge in [-0.25, -0.2) is 4.68 Å². The van der Waals surface area contributed by atoms with Crippen molar-refractivity contribution < 1.29 is 9.59 Å². The molecule has 0 bridgehead atoms. The third kappa shape index (κ3) is 2.67. The summed E-state index contributed by atoms with van der Waals surface area (Å²) in [5.74, 6) is -0.515. The van der Waals surface area contributed by atoms with Crippen LogP contribution in [0.1, 0.15) is 16.9 Å². The second-order valence-electron chi connectivity index (χ2n) is 5.07. The van der Waals surface area contributed by atoms with Gasteiger partial charge in [0.25, 0.3) is 5.91 Å². The van der Waals surface area contributed by atoms with Gasteiger partial charge in [-0.15, -0.1) is 5.10 Å². The number of carbonyl (C=O) groups excluding carboxylic acids is 2. The number of nitrogens with zero attached hydrogens (tertiary/aromatic N) is 4. The zero-order chi connectivity index (χ0) is 15.7. The maximum absolute atomic E-state index is 12.2. The lowest BCUT2D eigenvalue weighted by Crippen LogP contribution is -2.40. The van der Waals surface area contributed by atoms with Gasteiger partial charge >= 0.3 is 0 Å². The Labute approximate surface area is 131 Å². The fourth-order valence-corrected chi connectivity index (χ4v) is 2.53. The van der Waals surface area contributed by atoms with Crippen molar-refractivity contribution in [2.45, 2.75) is 12.5 Å². The number of likely N-dealkylation sites (tertiary alicyclic amines) is 1. The second kappa shape index (κ2) is 5.76. The van der Waals surface area contributed by atoms with E-state index < -0.39 is 11.9 Å². The summed E-state index contributed by atoms with van der Waals surface area (Å²) in [5.41, 5.74) is 0.773. The van der Waals surface area contributed by atoms with Crippen molar-refractivity contribution in [1.29, 1.82) is 0 Å². The van der Waals surface area contributed by atoms with Crippen molar-refractivity contribution in [3.05, 3.63) is 41.2 Å². The molecule has 3 rings (SSSR count). The molecule has 0 spiro atoms. The van der Waals surface area contributed by atoms with E-state index in [9.17, 15) is 9.59 Å². The van der Waals surface area contributed by atoms with Crippen LogP contribution in [0.15, 0.2) is 30.5 Å². The van der Waals surface area contributed by atoms with Crippen LogP contribution in [-0.2, 0) is 4.79 Å². The molecular weight excluding hydrogens is 306 g/mol. The van der Waals surface area contributed by atoms with Crippen LogP contribution >= 0.6 is 11.6 Å². The van der Waals surface area contributed by atoms with Crippen LogP contribution < -0.4 is 5.32 Å². The van der Waals surface area contributed by atoms with Crippen LogP contribution in [0.2, 0.25) is 5.02 Å². The Kier molecular flexibility index (Phi) is 3.81. The number of rotatable bonds is 3. The van der Waals surface area contributed by atoms with E-state index in [0.29, 0.717) is 23.7 Å². The van der Waals surface area contributed by atoms with Gasteiger partial charge in [0, 0.05) is 13.6 Å². The van der Waals surface area contributed by atoms with E-state index in [4.69, 9.17) is 11.6 Å². The molecule has 1 aromatic heterocycles. The summed E-state index contributed by atoms with van der Waals surface area (Å²) in [7, 11) is 1.71. The number of hydrogen-bond acceptors (Lipinski definition) is 4. The predicted octanol–water partition coefficient (Wildman–Crippen LogP) is 0.881. The van der Waals surface area contributed by atoms with E-state index in [1.807, 2.05) is 6.07 Å². The van der Waals surface area contributed by atoms with Crippen LogP contribution in [0.4, 0.5) is 0 Å². The third-order valence-electron chi connectivity index (χ3n) is 3.56. The molecule has 1 unspecified atom stereocenters. The van der Waals surface area contributed by atoms with Crippen molar-refractivity contribution >= 4 is 23.4 Å². The molecular formula is C14H14ClN5O2. The molecule has 2 heterocycles. The molecule has 22 heavy (non-hydrogen) atoms. The highest BCUT2D eigenvalue weighted by Crippen LogP contribution is 2.18. The lowest BCUT2D eigenvalue weighted by atomic mass is 10.2. The summed E-state index contributed by atoms with van der Waals surface area (Å²) in [4.78, 5) is 25.5. The summed E-state index contributed by atoms with van der Waals surface area (Å²) in [6.07, 6.45) is 2.08. The smallest absolute Gasteiger partial charge is 0.274 e. The predicted molar refractivity (Wildman–Crippen MR) is 79.9 cm³/mol. The number of nitrogens with one attached hydrogen (secondary N) is 1. The standard InChI is InChI=1S/C14H14ClN5O2/c1-19-7-6-10(14(19)22)16-13(21)11-8-20(18-17-11)12-5-3-2-4-9(12)15/h2-5,8,10H,6-7H2,1H3,(H,16,21). The molecule has 7 nitrogen and oxygen atoms in total. The molecule has 0 saturated carbocycles. The van der Waals surface area contributed by atoms with Crippen LogP contribution in [0.25, 0.3) is 5.69 Å². The van der Waals surface area contributed by atoms with Gasteiger partial charge in [-0.3, -0.25) is 9.59 Å². The number of para-hydroxylation sites is 1. The number of aromatic nitrogens is 3. The molecule has 2 aromatic rings. The molecule has 1 aromatic carbocycles. The molecule has 0 radical (unpaired) electrons. The molecule has 1 atom stereocenters. The van der Waals surface area contributed by atoms with E-state index in [2.05, 4.69) is 15.6 Å². The first-order chi connectivity index (χ1) is 10.6. The molecule has 2 amide bonds. The normalized spacial score (nSPS) is 17.8. The second-order valence-corrected chi connectivity index (χ2v) is 5.48. The van der Waals surface area contributed by atoms with Gasteiger partial charge < -0.3 is 10.2 Å². The maximum atomic E-state index is 12.2. The number of halogens is 1. The molecule has 8 heteroatoms. The van der Waals surface area contributed by atoms with Crippen molar-refractivity contribution in [2.75, 3.05) is 13.6 Å². The number of benzene rings is 1. The summed E-state index contributed by atoms with van der Waals surface area (Å²) in [5, 5.41) is 10.9. The highest BCUT2D eigenvalue weighted by molar-refractivity contribution is 6.32. The average molecular weight is 320 g/mol. The minimum Gasteiger partial charge on any atom is -0.344 e. The Bertz CT molecular complexity index is 730. The fourth-order valence-electron chi connectivity index (χ4n) is 2.31. The number of carbonyl (C=O) groups is 2. The largest absolute Gasteiger partial charge is 0.344 e. The van der Waals surface area contributed by atoms with Crippen molar-refractivity contribution in [2.24, 2.45) is 0 Å².